The summed E-state index contributed by atoms with van der Waals surface area (Å²) < 4.78 is 0. The molecule has 1 fully saturated rings. The third-order valence-corrected chi connectivity index (χ3v) is 7.37. The molecular weight excluding hydrogens is 483 g/mol. The van der Waals surface area contributed by atoms with Crippen molar-refractivity contribution in [3.63, 3.8) is 0 Å². The van der Waals surface area contributed by atoms with Gasteiger partial charge >= 0.3 is 6.03 Å². The van der Waals surface area contributed by atoms with E-state index in [1.807, 2.05) is 17.0 Å². The maximum Gasteiger partial charge on any atom is 0.323 e. The van der Waals surface area contributed by atoms with Gasteiger partial charge in [-0.05, 0) is 60.7 Å². The molecule has 0 aliphatic carbocycles. The molecular formula is C27H26Cl2N4O2. The lowest BCUT2D eigenvalue weighted by Crippen LogP contribution is -2.34. The zero-order chi connectivity index (χ0) is 24.4. The van der Waals surface area contributed by atoms with Gasteiger partial charge in [0.1, 0.15) is 0 Å². The number of fused-ring (bicyclic) bond motifs is 1. The number of hydrogen-bond donors (Lipinski definition) is 2. The Morgan fingerprint density at radius 3 is 2.40 bits per heavy atom. The first-order valence-electron chi connectivity index (χ1n) is 11.8. The van der Waals surface area contributed by atoms with E-state index in [-0.39, 0.29) is 10.9 Å². The number of urea groups is 1. The summed E-state index contributed by atoms with van der Waals surface area (Å²) in [6.45, 7) is 3.09. The lowest BCUT2D eigenvalue weighted by atomic mass is 9.98. The molecule has 2 aliphatic heterocycles. The van der Waals surface area contributed by atoms with Gasteiger partial charge in [-0.1, -0.05) is 53.5 Å². The molecule has 5 rings (SSSR count). The highest BCUT2D eigenvalue weighted by Crippen LogP contribution is 2.32. The molecule has 180 valence electrons. The second-order valence-corrected chi connectivity index (χ2v) is 9.64. The van der Waals surface area contributed by atoms with Gasteiger partial charge in [-0.25, -0.2) is 4.79 Å². The molecule has 0 unspecified atom stereocenters. The third-order valence-electron chi connectivity index (χ3n) is 6.55. The van der Waals surface area contributed by atoms with Crippen LogP contribution in [0.25, 0.3) is 0 Å². The predicted octanol–water partition coefficient (Wildman–Crippen LogP) is 6.44. The zero-order valence-electron chi connectivity index (χ0n) is 19.2. The van der Waals surface area contributed by atoms with Gasteiger partial charge in [-0.2, -0.15) is 0 Å². The third kappa shape index (κ3) is 5.09. The summed E-state index contributed by atoms with van der Waals surface area (Å²) in [5, 5.41) is 6.18. The summed E-state index contributed by atoms with van der Waals surface area (Å²) in [7, 11) is 0. The standard InChI is InChI=1S/C27H26Cl2N4O2/c28-22-8-5-9-23(25(22)29)31-27(35)30-20-10-11-24(21(16-20)26(34)32-13-3-4-14-32)33-15-12-18-6-1-2-7-19(18)17-33/h1-2,5-11,16H,3-4,12-15,17H2,(H2,30,31,35). The number of rotatable bonds is 4. The van der Waals surface area contributed by atoms with E-state index in [4.69, 9.17) is 23.2 Å². The smallest absolute Gasteiger partial charge is 0.323 e. The first-order chi connectivity index (χ1) is 17.0. The van der Waals surface area contributed by atoms with Gasteiger partial charge in [0.2, 0.25) is 0 Å². The average molecular weight is 509 g/mol. The maximum absolute atomic E-state index is 13.5. The van der Waals surface area contributed by atoms with Crippen LogP contribution >= 0.6 is 23.2 Å². The van der Waals surface area contributed by atoms with Gasteiger partial charge < -0.3 is 20.4 Å². The summed E-state index contributed by atoms with van der Waals surface area (Å²) in [6, 6.07) is 18.5. The summed E-state index contributed by atoms with van der Waals surface area (Å²) in [5.74, 6) is -0.00157. The Hall–Kier alpha value is -3.22. The molecule has 0 aromatic heterocycles. The number of anilines is 3. The van der Waals surface area contributed by atoms with Crippen LogP contribution in [0, 0.1) is 0 Å². The number of carbonyl (C=O) groups is 2. The molecule has 3 aromatic rings. The number of hydrogen-bond acceptors (Lipinski definition) is 3. The van der Waals surface area contributed by atoms with Gasteiger partial charge in [0.15, 0.2) is 0 Å². The van der Waals surface area contributed by atoms with Crippen LogP contribution in [0.2, 0.25) is 10.0 Å². The molecule has 6 nitrogen and oxygen atoms in total. The van der Waals surface area contributed by atoms with Crippen LogP contribution in [0.4, 0.5) is 21.9 Å². The van der Waals surface area contributed by atoms with Crippen LogP contribution < -0.4 is 15.5 Å². The molecule has 35 heavy (non-hydrogen) atoms. The van der Waals surface area contributed by atoms with E-state index in [9.17, 15) is 9.59 Å². The minimum absolute atomic E-state index is 0.00157. The predicted molar refractivity (Wildman–Crippen MR) is 142 cm³/mol. The molecule has 1 saturated heterocycles. The van der Waals surface area contributed by atoms with E-state index in [0.717, 1.165) is 51.1 Å². The van der Waals surface area contributed by atoms with E-state index in [2.05, 4.69) is 39.8 Å². The van der Waals surface area contributed by atoms with Crippen molar-refractivity contribution in [1.82, 2.24) is 4.90 Å². The highest BCUT2D eigenvalue weighted by molar-refractivity contribution is 6.44. The van der Waals surface area contributed by atoms with Gasteiger partial charge in [-0.3, -0.25) is 4.79 Å². The number of likely N-dealkylation sites (tertiary alicyclic amines) is 1. The number of nitrogens with zero attached hydrogens (tertiary/aromatic N) is 2. The lowest BCUT2D eigenvalue weighted by Gasteiger charge is -2.33. The lowest BCUT2D eigenvalue weighted by molar-refractivity contribution is 0.0793. The molecule has 2 heterocycles. The summed E-state index contributed by atoms with van der Waals surface area (Å²) in [5.41, 5.74) is 5.06. The Morgan fingerprint density at radius 1 is 0.829 bits per heavy atom. The molecule has 3 aromatic carbocycles. The SMILES string of the molecule is O=C(Nc1ccc(N2CCc3ccccc3C2)c(C(=O)N2CCCC2)c1)Nc1cccc(Cl)c1Cl. The Bertz CT molecular complexity index is 1270. The zero-order valence-corrected chi connectivity index (χ0v) is 20.7. The van der Waals surface area contributed by atoms with E-state index in [0.29, 0.717) is 22.0 Å². The van der Waals surface area contributed by atoms with Gasteiger partial charge in [-0.15, -0.1) is 0 Å². The molecule has 0 bridgehead atoms. The van der Waals surface area contributed by atoms with E-state index in [1.54, 1.807) is 24.3 Å². The van der Waals surface area contributed by atoms with E-state index < -0.39 is 6.03 Å². The average Bonchev–Trinajstić information content (AvgIpc) is 3.41. The van der Waals surface area contributed by atoms with Crippen molar-refractivity contribution in [2.45, 2.75) is 25.8 Å². The van der Waals surface area contributed by atoms with Crippen molar-refractivity contribution < 1.29 is 9.59 Å². The molecule has 0 saturated carbocycles. The topological polar surface area (TPSA) is 64.7 Å². The number of halogens is 2. The number of nitrogens with one attached hydrogen (secondary N) is 2. The van der Waals surface area contributed by atoms with Crippen LogP contribution in [0.15, 0.2) is 60.7 Å². The van der Waals surface area contributed by atoms with Gasteiger partial charge in [0, 0.05) is 37.6 Å². The maximum atomic E-state index is 13.5. The monoisotopic (exact) mass is 508 g/mol. The number of carbonyl (C=O) groups excluding carboxylic acids is 2. The van der Waals surface area contributed by atoms with Crippen molar-refractivity contribution in [1.29, 1.82) is 0 Å². The van der Waals surface area contributed by atoms with Gasteiger partial charge in [0.25, 0.3) is 5.91 Å². The normalized spacial score (nSPS) is 15.0. The Morgan fingerprint density at radius 2 is 1.60 bits per heavy atom. The van der Waals surface area contributed by atoms with E-state index in [1.165, 1.54) is 11.1 Å². The van der Waals surface area contributed by atoms with Crippen LogP contribution in [0.3, 0.4) is 0 Å². The molecule has 2 N–H and O–H groups in total. The van der Waals surface area contributed by atoms with E-state index >= 15 is 0 Å². The second-order valence-electron chi connectivity index (χ2n) is 8.85. The Kier molecular flexibility index (Phi) is 6.84. The first-order valence-corrected chi connectivity index (χ1v) is 12.5. The van der Waals surface area contributed by atoms with Crippen LogP contribution in [0.1, 0.15) is 34.3 Å². The minimum atomic E-state index is -0.464. The molecule has 3 amide bonds. The highest BCUT2D eigenvalue weighted by atomic mass is 35.5. The van der Waals surface area contributed by atoms with Crippen molar-refractivity contribution in [2.24, 2.45) is 0 Å². The Balaban J connectivity index is 1.41. The Labute approximate surface area is 214 Å². The summed E-state index contributed by atoms with van der Waals surface area (Å²) >= 11 is 12.2. The fraction of sp³-hybridized carbons (Fsp3) is 0.259. The molecule has 0 radical (unpaired) electrons. The fourth-order valence-corrected chi connectivity index (χ4v) is 5.09. The quantitative estimate of drug-likeness (QED) is 0.426. The van der Waals surface area contributed by atoms with Crippen molar-refractivity contribution >= 4 is 52.2 Å². The van der Waals surface area contributed by atoms with Gasteiger partial charge in [0.05, 0.1) is 21.3 Å². The van der Waals surface area contributed by atoms with Crippen LogP contribution in [-0.2, 0) is 13.0 Å². The van der Waals surface area contributed by atoms with Crippen molar-refractivity contribution in [3.05, 3.63) is 87.4 Å². The minimum Gasteiger partial charge on any atom is -0.366 e. The van der Waals surface area contributed by atoms with Crippen molar-refractivity contribution in [2.75, 3.05) is 35.2 Å². The molecule has 0 atom stereocenters. The molecule has 0 spiro atoms. The van der Waals surface area contributed by atoms with Crippen LogP contribution in [0.5, 0.6) is 0 Å². The fourth-order valence-electron chi connectivity index (χ4n) is 4.74. The first kappa shape index (κ1) is 23.5. The molecule has 8 heteroatoms. The largest absolute Gasteiger partial charge is 0.366 e. The second kappa shape index (κ2) is 10.2. The summed E-state index contributed by atoms with van der Waals surface area (Å²) in [4.78, 5) is 30.3. The number of amides is 3. The summed E-state index contributed by atoms with van der Waals surface area (Å²) in [6.07, 6.45) is 2.95. The highest BCUT2D eigenvalue weighted by Gasteiger charge is 2.26. The molecule has 2 aliphatic rings. The van der Waals surface area contributed by atoms with Crippen molar-refractivity contribution in [3.8, 4) is 0 Å². The number of benzene rings is 3. The van der Waals surface area contributed by atoms with Crippen LogP contribution in [-0.4, -0.2) is 36.5 Å².